The highest BCUT2D eigenvalue weighted by Crippen LogP contribution is 2.28. The SMILES string of the molecule is O=C1NC(=O)c2cc(NC(=O)[C@@H]3CCCN3S(=O)(=O)c3ccc(Cl)cc3)ccc21. The molecule has 0 unspecified atom stereocenters. The van der Waals surface area contributed by atoms with Gasteiger partial charge in [-0.1, -0.05) is 11.6 Å². The first kappa shape index (κ1) is 19.6. The Morgan fingerprint density at radius 2 is 1.76 bits per heavy atom. The third-order valence-corrected chi connectivity index (χ3v) is 7.10. The molecule has 0 radical (unpaired) electrons. The summed E-state index contributed by atoms with van der Waals surface area (Å²) in [5, 5.41) is 5.25. The molecule has 1 saturated heterocycles. The van der Waals surface area contributed by atoms with Crippen molar-refractivity contribution < 1.29 is 22.8 Å². The van der Waals surface area contributed by atoms with Gasteiger partial charge in [-0.25, -0.2) is 8.42 Å². The zero-order valence-corrected chi connectivity index (χ0v) is 16.6. The topological polar surface area (TPSA) is 113 Å². The van der Waals surface area contributed by atoms with Crippen molar-refractivity contribution in [2.24, 2.45) is 0 Å². The summed E-state index contributed by atoms with van der Waals surface area (Å²) in [6.45, 7) is 0.226. The lowest BCUT2D eigenvalue weighted by atomic mass is 10.1. The van der Waals surface area contributed by atoms with Crippen LogP contribution < -0.4 is 10.6 Å². The first-order chi connectivity index (χ1) is 13.8. The van der Waals surface area contributed by atoms with Gasteiger partial charge in [-0.05, 0) is 55.3 Å². The van der Waals surface area contributed by atoms with Crippen LogP contribution in [-0.4, -0.2) is 43.0 Å². The summed E-state index contributed by atoms with van der Waals surface area (Å²) in [4.78, 5) is 36.3. The standard InChI is InChI=1S/C19H16ClN3O5S/c20-11-3-6-13(7-4-11)29(27,28)23-9-1-2-16(23)19(26)21-12-5-8-14-15(10-12)18(25)22-17(14)24/h3-8,10,16H,1-2,9H2,(H,21,26)(H,22,24,25)/t16-/m0/s1. The third-order valence-electron chi connectivity index (χ3n) is 4.93. The molecule has 150 valence electrons. The quantitative estimate of drug-likeness (QED) is 0.716. The molecule has 2 heterocycles. The van der Waals surface area contributed by atoms with Crippen LogP contribution in [0, 0.1) is 0 Å². The molecule has 2 aliphatic rings. The van der Waals surface area contributed by atoms with Gasteiger partial charge in [-0.15, -0.1) is 0 Å². The van der Waals surface area contributed by atoms with Gasteiger partial charge >= 0.3 is 0 Å². The summed E-state index contributed by atoms with van der Waals surface area (Å²) < 4.78 is 27.1. The number of benzene rings is 2. The molecule has 2 aromatic rings. The van der Waals surface area contributed by atoms with Gasteiger partial charge in [0.15, 0.2) is 0 Å². The number of imide groups is 1. The van der Waals surface area contributed by atoms with Crippen LogP contribution >= 0.6 is 11.6 Å². The molecule has 8 nitrogen and oxygen atoms in total. The van der Waals surface area contributed by atoms with Gasteiger partial charge in [-0.2, -0.15) is 4.31 Å². The van der Waals surface area contributed by atoms with Crippen molar-refractivity contribution in [2.45, 2.75) is 23.8 Å². The first-order valence-electron chi connectivity index (χ1n) is 8.85. The van der Waals surface area contributed by atoms with Crippen molar-refractivity contribution in [2.75, 3.05) is 11.9 Å². The Labute approximate surface area is 171 Å². The minimum absolute atomic E-state index is 0.0642. The van der Waals surface area contributed by atoms with E-state index in [2.05, 4.69) is 10.6 Å². The van der Waals surface area contributed by atoms with E-state index in [0.29, 0.717) is 23.6 Å². The normalized spacial score (nSPS) is 19.1. The van der Waals surface area contributed by atoms with Crippen LogP contribution in [0.1, 0.15) is 33.6 Å². The van der Waals surface area contributed by atoms with Crippen molar-refractivity contribution in [1.29, 1.82) is 0 Å². The number of sulfonamides is 1. The van der Waals surface area contributed by atoms with Crippen molar-refractivity contribution >= 4 is 45.0 Å². The van der Waals surface area contributed by atoms with Gasteiger partial charge in [0.25, 0.3) is 11.8 Å². The maximum Gasteiger partial charge on any atom is 0.259 e. The molecular weight excluding hydrogens is 418 g/mol. The lowest BCUT2D eigenvalue weighted by molar-refractivity contribution is -0.119. The van der Waals surface area contributed by atoms with Crippen LogP contribution in [-0.2, 0) is 14.8 Å². The molecule has 10 heteroatoms. The summed E-state index contributed by atoms with van der Waals surface area (Å²) in [7, 11) is -3.86. The summed E-state index contributed by atoms with van der Waals surface area (Å²) in [6.07, 6.45) is 0.925. The number of fused-ring (bicyclic) bond motifs is 1. The number of rotatable bonds is 4. The van der Waals surface area contributed by atoms with E-state index >= 15 is 0 Å². The summed E-state index contributed by atoms with van der Waals surface area (Å²) in [5.41, 5.74) is 0.722. The van der Waals surface area contributed by atoms with E-state index in [1.54, 1.807) is 0 Å². The lowest BCUT2D eigenvalue weighted by Crippen LogP contribution is -2.43. The molecule has 29 heavy (non-hydrogen) atoms. The van der Waals surface area contributed by atoms with Crippen molar-refractivity contribution in [3.05, 3.63) is 58.6 Å². The highest BCUT2D eigenvalue weighted by atomic mass is 35.5. The minimum atomic E-state index is -3.86. The Morgan fingerprint density at radius 3 is 2.48 bits per heavy atom. The molecule has 4 rings (SSSR count). The smallest absolute Gasteiger partial charge is 0.259 e. The number of carbonyl (C=O) groups excluding carboxylic acids is 3. The molecule has 1 atom stereocenters. The predicted octanol–water partition coefficient (Wildman–Crippen LogP) is 2.02. The highest BCUT2D eigenvalue weighted by molar-refractivity contribution is 7.89. The lowest BCUT2D eigenvalue weighted by Gasteiger charge is -2.23. The van der Waals surface area contributed by atoms with E-state index in [0.717, 1.165) is 0 Å². The molecule has 2 N–H and O–H groups in total. The van der Waals surface area contributed by atoms with E-state index < -0.39 is 33.8 Å². The van der Waals surface area contributed by atoms with Gasteiger partial charge in [0, 0.05) is 17.3 Å². The number of nitrogens with one attached hydrogen (secondary N) is 2. The Hall–Kier alpha value is -2.75. The molecule has 3 amide bonds. The number of hydrogen-bond acceptors (Lipinski definition) is 5. The number of hydrogen-bond donors (Lipinski definition) is 2. The summed E-state index contributed by atoms with van der Waals surface area (Å²) in [5.74, 6) is -1.52. The Kier molecular flexibility index (Phi) is 4.89. The van der Waals surface area contributed by atoms with E-state index in [9.17, 15) is 22.8 Å². The average molecular weight is 434 g/mol. The summed E-state index contributed by atoms with van der Waals surface area (Å²) >= 11 is 5.83. The number of carbonyl (C=O) groups is 3. The minimum Gasteiger partial charge on any atom is -0.325 e. The number of amides is 3. The van der Waals surface area contributed by atoms with Gasteiger partial charge in [0.1, 0.15) is 6.04 Å². The Bertz CT molecular complexity index is 1130. The van der Waals surface area contributed by atoms with Crippen LogP contribution in [0.2, 0.25) is 5.02 Å². The molecular formula is C19H16ClN3O5S. The second kappa shape index (κ2) is 7.25. The second-order valence-electron chi connectivity index (χ2n) is 6.76. The van der Waals surface area contributed by atoms with E-state index in [4.69, 9.17) is 11.6 Å². The van der Waals surface area contributed by atoms with Crippen LogP contribution in [0.3, 0.4) is 0 Å². The predicted molar refractivity (Wildman–Crippen MR) is 105 cm³/mol. The van der Waals surface area contributed by atoms with Crippen LogP contribution in [0.25, 0.3) is 0 Å². The van der Waals surface area contributed by atoms with Gasteiger partial charge in [0.2, 0.25) is 15.9 Å². The van der Waals surface area contributed by atoms with Crippen molar-refractivity contribution in [3.63, 3.8) is 0 Å². The van der Waals surface area contributed by atoms with E-state index in [-0.39, 0.29) is 22.6 Å². The molecule has 0 saturated carbocycles. The molecule has 1 fully saturated rings. The maximum absolute atomic E-state index is 13.0. The number of halogens is 1. The average Bonchev–Trinajstić information content (AvgIpc) is 3.28. The highest BCUT2D eigenvalue weighted by Gasteiger charge is 2.39. The van der Waals surface area contributed by atoms with Crippen LogP contribution in [0.5, 0.6) is 0 Å². The summed E-state index contributed by atoms with van der Waals surface area (Å²) in [6, 6.07) is 9.25. The largest absolute Gasteiger partial charge is 0.325 e. The molecule has 0 spiro atoms. The zero-order valence-electron chi connectivity index (χ0n) is 15.0. The fourth-order valence-electron chi connectivity index (χ4n) is 3.50. The van der Waals surface area contributed by atoms with Crippen molar-refractivity contribution in [1.82, 2.24) is 9.62 Å². The number of anilines is 1. The van der Waals surface area contributed by atoms with Gasteiger partial charge in [-0.3, -0.25) is 19.7 Å². The second-order valence-corrected chi connectivity index (χ2v) is 9.09. The van der Waals surface area contributed by atoms with Gasteiger partial charge < -0.3 is 5.32 Å². The fourth-order valence-corrected chi connectivity index (χ4v) is 5.29. The van der Waals surface area contributed by atoms with Crippen LogP contribution in [0.15, 0.2) is 47.4 Å². The van der Waals surface area contributed by atoms with Gasteiger partial charge in [0.05, 0.1) is 16.0 Å². The monoisotopic (exact) mass is 433 g/mol. The molecule has 0 bridgehead atoms. The maximum atomic E-state index is 13.0. The van der Waals surface area contributed by atoms with E-state index in [1.807, 2.05) is 0 Å². The molecule has 0 aliphatic carbocycles. The number of nitrogens with zero attached hydrogens (tertiary/aromatic N) is 1. The zero-order chi connectivity index (χ0) is 20.8. The molecule has 0 aromatic heterocycles. The van der Waals surface area contributed by atoms with E-state index in [1.165, 1.54) is 46.8 Å². The fraction of sp³-hybridized carbons (Fsp3) is 0.211. The first-order valence-corrected chi connectivity index (χ1v) is 10.7. The van der Waals surface area contributed by atoms with Crippen LogP contribution in [0.4, 0.5) is 5.69 Å². The Morgan fingerprint density at radius 1 is 1.07 bits per heavy atom. The van der Waals surface area contributed by atoms with Crippen molar-refractivity contribution in [3.8, 4) is 0 Å². The third kappa shape index (κ3) is 3.52. The molecule has 2 aromatic carbocycles. The molecule has 2 aliphatic heterocycles. The Balaban J connectivity index is 1.56.